The van der Waals surface area contributed by atoms with Crippen LogP contribution in [-0.2, 0) is 14.3 Å². The van der Waals surface area contributed by atoms with Gasteiger partial charge in [-0.25, -0.2) is 4.79 Å². The van der Waals surface area contributed by atoms with E-state index in [-0.39, 0.29) is 12.0 Å². The van der Waals surface area contributed by atoms with Crippen molar-refractivity contribution < 1.29 is 14.3 Å². The maximum absolute atomic E-state index is 11.6. The summed E-state index contributed by atoms with van der Waals surface area (Å²) in [7, 11) is 0. The number of ether oxygens (including phenoxy) is 1. The van der Waals surface area contributed by atoms with E-state index in [9.17, 15) is 9.59 Å². The molecule has 0 aliphatic carbocycles. The maximum Gasteiger partial charge on any atom is 0.332 e. The quantitative estimate of drug-likeness (QED) is 0.550. The van der Waals surface area contributed by atoms with Crippen molar-refractivity contribution >= 4 is 11.9 Å². The van der Waals surface area contributed by atoms with Crippen LogP contribution in [0.5, 0.6) is 0 Å². The smallest absolute Gasteiger partial charge is 0.332 e. The third kappa shape index (κ3) is 5.68. The first kappa shape index (κ1) is 15.9. The highest BCUT2D eigenvalue weighted by molar-refractivity contribution is 6.01. The molecule has 0 aromatic carbocycles. The van der Waals surface area contributed by atoms with Crippen LogP contribution in [-0.4, -0.2) is 31.1 Å². The molecule has 0 aliphatic rings. The van der Waals surface area contributed by atoms with Crippen molar-refractivity contribution in [2.24, 2.45) is 17.1 Å². The Balaban J connectivity index is 4.15. The lowest BCUT2D eigenvalue weighted by molar-refractivity contribution is -0.148. The fraction of sp³-hybridized carbons (Fsp3) is 0.833. The van der Waals surface area contributed by atoms with Gasteiger partial charge in [0.25, 0.3) is 0 Å². The van der Waals surface area contributed by atoms with E-state index >= 15 is 0 Å². The maximum atomic E-state index is 11.6. The standard InChI is InChI=1S/C12H24N2O3/c1-6-17-11(16)9(13)10(15)14-7-8(2)12(3,4)5/h8-9H,6-7,13H2,1-5H3,(H,14,15). The van der Waals surface area contributed by atoms with Crippen LogP contribution >= 0.6 is 0 Å². The Kier molecular flexibility index (Phi) is 6.16. The Hall–Kier alpha value is -1.10. The molecular weight excluding hydrogens is 220 g/mol. The molecule has 1 amide bonds. The largest absolute Gasteiger partial charge is 0.464 e. The van der Waals surface area contributed by atoms with Gasteiger partial charge in [-0.15, -0.1) is 0 Å². The molecule has 0 heterocycles. The first-order valence-electron chi connectivity index (χ1n) is 5.90. The van der Waals surface area contributed by atoms with Crippen molar-refractivity contribution in [3.8, 4) is 0 Å². The molecule has 100 valence electrons. The monoisotopic (exact) mass is 244 g/mol. The number of carbonyl (C=O) groups is 2. The lowest BCUT2D eigenvalue weighted by Gasteiger charge is -2.27. The Morgan fingerprint density at radius 2 is 1.88 bits per heavy atom. The number of nitrogens with one attached hydrogen (secondary N) is 1. The van der Waals surface area contributed by atoms with E-state index in [4.69, 9.17) is 5.73 Å². The van der Waals surface area contributed by atoms with Crippen LogP contribution in [0.15, 0.2) is 0 Å². The van der Waals surface area contributed by atoms with Gasteiger partial charge in [-0.2, -0.15) is 0 Å². The highest BCUT2D eigenvalue weighted by atomic mass is 16.5. The number of hydrogen-bond acceptors (Lipinski definition) is 4. The zero-order valence-electron chi connectivity index (χ0n) is 11.4. The normalized spacial score (nSPS) is 14.9. The van der Waals surface area contributed by atoms with Crippen molar-refractivity contribution in [1.29, 1.82) is 0 Å². The molecule has 0 rings (SSSR count). The van der Waals surface area contributed by atoms with Crippen LogP contribution in [0.3, 0.4) is 0 Å². The topological polar surface area (TPSA) is 81.4 Å². The van der Waals surface area contributed by atoms with Gasteiger partial charge in [0.15, 0.2) is 6.04 Å². The Labute approximate surface area is 103 Å². The number of amides is 1. The van der Waals surface area contributed by atoms with Crippen molar-refractivity contribution in [2.45, 2.75) is 40.7 Å². The summed E-state index contributed by atoms with van der Waals surface area (Å²) in [6, 6.07) is -1.23. The van der Waals surface area contributed by atoms with Crippen LogP contribution in [0.25, 0.3) is 0 Å². The summed E-state index contributed by atoms with van der Waals surface area (Å²) in [6.45, 7) is 10.7. The van der Waals surface area contributed by atoms with Gasteiger partial charge < -0.3 is 15.8 Å². The number of rotatable bonds is 5. The van der Waals surface area contributed by atoms with E-state index in [0.29, 0.717) is 12.5 Å². The minimum absolute atomic E-state index is 0.0985. The SMILES string of the molecule is CCOC(=O)C(N)C(=O)NCC(C)C(C)(C)C. The first-order chi connectivity index (χ1) is 7.70. The van der Waals surface area contributed by atoms with E-state index in [2.05, 4.69) is 30.8 Å². The Morgan fingerprint density at radius 3 is 2.29 bits per heavy atom. The molecule has 5 nitrogen and oxygen atoms in total. The highest BCUT2D eigenvalue weighted by Gasteiger charge is 2.25. The summed E-state index contributed by atoms with van der Waals surface area (Å²) in [4.78, 5) is 22.8. The van der Waals surface area contributed by atoms with E-state index in [0.717, 1.165) is 0 Å². The minimum atomic E-state index is -1.23. The second-order valence-corrected chi connectivity index (χ2v) is 5.24. The molecule has 0 radical (unpaired) electrons. The molecule has 5 heteroatoms. The molecule has 2 atom stereocenters. The first-order valence-corrected chi connectivity index (χ1v) is 5.90. The second-order valence-electron chi connectivity index (χ2n) is 5.24. The second kappa shape index (κ2) is 6.59. The molecule has 0 spiro atoms. The summed E-state index contributed by atoms with van der Waals surface area (Å²) in [5.41, 5.74) is 5.55. The van der Waals surface area contributed by atoms with E-state index in [1.807, 2.05) is 6.92 Å². The molecule has 0 fully saturated rings. The summed E-state index contributed by atoms with van der Waals surface area (Å²) >= 11 is 0. The fourth-order valence-corrected chi connectivity index (χ4v) is 1.01. The highest BCUT2D eigenvalue weighted by Crippen LogP contribution is 2.24. The number of hydrogen-bond donors (Lipinski definition) is 2. The molecular formula is C12H24N2O3. The molecule has 0 saturated heterocycles. The third-order valence-electron chi connectivity index (χ3n) is 2.88. The lowest BCUT2D eigenvalue weighted by Crippen LogP contribution is -2.48. The molecule has 3 N–H and O–H groups in total. The molecule has 0 saturated carbocycles. The molecule has 0 aliphatic heterocycles. The average molecular weight is 244 g/mol. The van der Waals surface area contributed by atoms with Gasteiger partial charge in [-0.1, -0.05) is 27.7 Å². The van der Waals surface area contributed by atoms with Crippen LogP contribution < -0.4 is 11.1 Å². The molecule has 17 heavy (non-hydrogen) atoms. The predicted molar refractivity (Wildman–Crippen MR) is 66.2 cm³/mol. The van der Waals surface area contributed by atoms with Crippen molar-refractivity contribution in [3.63, 3.8) is 0 Å². The fourth-order valence-electron chi connectivity index (χ4n) is 1.01. The molecule has 0 aromatic heterocycles. The molecule has 0 aromatic rings. The van der Waals surface area contributed by atoms with Crippen LogP contribution in [0.2, 0.25) is 0 Å². The molecule has 0 bridgehead atoms. The molecule has 2 unspecified atom stereocenters. The van der Waals surface area contributed by atoms with E-state index < -0.39 is 17.9 Å². The van der Waals surface area contributed by atoms with Crippen molar-refractivity contribution in [3.05, 3.63) is 0 Å². The van der Waals surface area contributed by atoms with E-state index in [1.165, 1.54) is 0 Å². The number of carbonyl (C=O) groups excluding carboxylic acids is 2. The number of esters is 1. The minimum Gasteiger partial charge on any atom is -0.464 e. The van der Waals surface area contributed by atoms with Crippen LogP contribution in [0.1, 0.15) is 34.6 Å². The van der Waals surface area contributed by atoms with Gasteiger partial charge >= 0.3 is 5.97 Å². The van der Waals surface area contributed by atoms with Gasteiger partial charge in [-0.05, 0) is 18.3 Å². The van der Waals surface area contributed by atoms with Crippen molar-refractivity contribution in [1.82, 2.24) is 5.32 Å². The Morgan fingerprint density at radius 1 is 1.35 bits per heavy atom. The third-order valence-corrected chi connectivity index (χ3v) is 2.88. The van der Waals surface area contributed by atoms with Gasteiger partial charge in [0.2, 0.25) is 5.91 Å². The summed E-state index contributed by atoms with van der Waals surface area (Å²) in [6.07, 6.45) is 0. The lowest BCUT2D eigenvalue weighted by atomic mass is 9.82. The van der Waals surface area contributed by atoms with Crippen LogP contribution in [0.4, 0.5) is 0 Å². The van der Waals surface area contributed by atoms with Gasteiger partial charge in [0.1, 0.15) is 0 Å². The summed E-state index contributed by atoms with van der Waals surface area (Å²) in [5, 5.41) is 2.66. The Bertz CT molecular complexity index is 271. The van der Waals surface area contributed by atoms with Gasteiger partial charge in [0, 0.05) is 6.54 Å². The zero-order valence-corrected chi connectivity index (χ0v) is 11.4. The van der Waals surface area contributed by atoms with E-state index in [1.54, 1.807) is 6.92 Å². The predicted octanol–water partition coefficient (Wildman–Crippen LogP) is 0.675. The average Bonchev–Trinajstić information content (AvgIpc) is 2.23. The van der Waals surface area contributed by atoms with Gasteiger partial charge in [-0.3, -0.25) is 4.79 Å². The van der Waals surface area contributed by atoms with Crippen LogP contribution in [0, 0.1) is 11.3 Å². The number of nitrogens with two attached hydrogens (primary N) is 1. The zero-order chi connectivity index (χ0) is 13.6. The van der Waals surface area contributed by atoms with Gasteiger partial charge in [0.05, 0.1) is 6.61 Å². The summed E-state index contributed by atoms with van der Waals surface area (Å²) < 4.78 is 4.67. The van der Waals surface area contributed by atoms with Crippen molar-refractivity contribution in [2.75, 3.05) is 13.2 Å². The summed E-state index contributed by atoms with van der Waals surface area (Å²) in [5.74, 6) is -0.881.